The van der Waals surface area contributed by atoms with Crippen LogP contribution in [0.5, 0.6) is 0 Å². The molecule has 4 heterocycles. The number of nitrogens with zero attached hydrogens (tertiary/aromatic N) is 4. The van der Waals surface area contributed by atoms with E-state index in [-0.39, 0.29) is 5.78 Å². The molecule has 0 fully saturated rings. The van der Waals surface area contributed by atoms with Gasteiger partial charge in [-0.05, 0) is 38.8 Å². The zero-order chi connectivity index (χ0) is 18.4. The topological polar surface area (TPSA) is 126 Å². The number of hydrogen-bond acceptors (Lipinski definition) is 7. The Hall–Kier alpha value is -3.49. The van der Waals surface area contributed by atoms with E-state index in [9.17, 15) is 4.79 Å². The Morgan fingerprint density at radius 1 is 0.808 bits per heavy atom. The van der Waals surface area contributed by atoms with E-state index in [2.05, 4.69) is 30.4 Å². The second-order valence-electron chi connectivity index (χ2n) is 6.07. The number of aromatic nitrogens is 6. The van der Waals surface area contributed by atoms with Crippen molar-refractivity contribution in [3.8, 4) is 23.2 Å². The summed E-state index contributed by atoms with van der Waals surface area (Å²) in [6.45, 7) is 7.39. The van der Waals surface area contributed by atoms with Gasteiger partial charge in [-0.3, -0.25) is 4.79 Å². The summed E-state index contributed by atoms with van der Waals surface area (Å²) in [5.74, 6) is 0.594. The third-order valence-electron chi connectivity index (χ3n) is 4.48. The highest BCUT2D eigenvalue weighted by atomic mass is 16.4. The van der Waals surface area contributed by atoms with Gasteiger partial charge >= 0.3 is 0 Å². The van der Waals surface area contributed by atoms with Gasteiger partial charge in [0, 0.05) is 22.5 Å². The summed E-state index contributed by atoms with van der Waals surface area (Å²) in [5, 5.41) is 15.2. The molecule has 0 aliphatic carbocycles. The van der Waals surface area contributed by atoms with Crippen LogP contribution >= 0.6 is 0 Å². The first-order chi connectivity index (χ1) is 12.5. The minimum Gasteiger partial charge on any atom is -0.422 e. The van der Waals surface area contributed by atoms with E-state index in [4.69, 9.17) is 8.83 Å². The lowest BCUT2D eigenvalue weighted by Gasteiger charge is -2.04. The van der Waals surface area contributed by atoms with Crippen LogP contribution in [0, 0.1) is 27.7 Å². The highest BCUT2D eigenvalue weighted by Gasteiger charge is 2.27. The summed E-state index contributed by atoms with van der Waals surface area (Å²) in [4.78, 5) is 19.7. The molecular formula is C17H16N6O3. The maximum absolute atomic E-state index is 13.3. The normalized spacial score (nSPS) is 11.2. The van der Waals surface area contributed by atoms with Crippen LogP contribution in [0.1, 0.15) is 38.4 Å². The Kier molecular flexibility index (Phi) is 3.57. The van der Waals surface area contributed by atoms with Gasteiger partial charge in [0.1, 0.15) is 11.4 Å². The van der Waals surface area contributed by atoms with Crippen LogP contribution in [0.4, 0.5) is 0 Å². The Bertz CT molecular complexity index is 1000. The number of ketones is 1. The van der Waals surface area contributed by atoms with E-state index >= 15 is 0 Å². The summed E-state index contributed by atoms with van der Waals surface area (Å²) in [6.07, 6.45) is 2.51. The molecule has 132 valence electrons. The quantitative estimate of drug-likeness (QED) is 0.541. The molecule has 0 aliphatic heterocycles. The fourth-order valence-corrected chi connectivity index (χ4v) is 3.30. The average Bonchev–Trinajstić information content (AvgIpc) is 3.36. The maximum Gasteiger partial charge on any atom is 0.264 e. The molecule has 26 heavy (non-hydrogen) atoms. The van der Waals surface area contributed by atoms with Crippen molar-refractivity contribution in [3.05, 3.63) is 46.4 Å². The highest BCUT2D eigenvalue weighted by molar-refractivity contribution is 6.13. The molecule has 0 spiro atoms. The maximum atomic E-state index is 13.3. The number of nitrogens with one attached hydrogen (secondary N) is 2. The third-order valence-corrected chi connectivity index (χ3v) is 4.48. The number of H-pyrrole nitrogens is 2. The third kappa shape index (κ3) is 2.28. The van der Waals surface area contributed by atoms with Crippen LogP contribution in [0.2, 0.25) is 0 Å². The van der Waals surface area contributed by atoms with Crippen LogP contribution in [0.25, 0.3) is 23.2 Å². The van der Waals surface area contributed by atoms with Crippen LogP contribution in [-0.2, 0) is 0 Å². The second kappa shape index (κ2) is 5.80. The summed E-state index contributed by atoms with van der Waals surface area (Å²) < 4.78 is 10.5. The van der Waals surface area contributed by atoms with Crippen LogP contribution in [0.15, 0.2) is 21.6 Å². The van der Waals surface area contributed by atoms with E-state index in [1.54, 1.807) is 0 Å². The molecule has 0 saturated carbocycles. The Morgan fingerprint density at radius 2 is 1.23 bits per heavy atom. The van der Waals surface area contributed by atoms with Gasteiger partial charge in [0.25, 0.3) is 11.8 Å². The Morgan fingerprint density at radius 3 is 1.58 bits per heavy atom. The molecule has 9 heteroatoms. The first-order valence-electron chi connectivity index (χ1n) is 7.95. The van der Waals surface area contributed by atoms with E-state index < -0.39 is 0 Å². The molecule has 0 aliphatic rings. The molecule has 9 nitrogen and oxygen atoms in total. The predicted octanol–water partition coefficient (Wildman–Crippen LogP) is 2.91. The number of hydrogen-bond donors (Lipinski definition) is 2. The van der Waals surface area contributed by atoms with Gasteiger partial charge < -0.3 is 18.8 Å². The number of aromatic amines is 2. The molecule has 4 aromatic rings. The van der Waals surface area contributed by atoms with Crippen molar-refractivity contribution in [1.29, 1.82) is 0 Å². The van der Waals surface area contributed by atoms with E-state index in [0.717, 1.165) is 22.5 Å². The number of carbonyl (C=O) groups excluding carboxylic acids is 1. The summed E-state index contributed by atoms with van der Waals surface area (Å²) in [5.41, 5.74) is 5.45. The fraction of sp³-hybridized carbons (Fsp3) is 0.235. The fourth-order valence-electron chi connectivity index (χ4n) is 3.30. The molecular weight excluding hydrogens is 336 g/mol. The highest BCUT2D eigenvalue weighted by Crippen LogP contribution is 2.32. The van der Waals surface area contributed by atoms with Gasteiger partial charge in [-0.1, -0.05) is 0 Å². The average molecular weight is 352 g/mol. The molecule has 4 rings (SSSR count). The molecule has 0 bridgehead atoms. The van der Waals surface area contributed by atoms with Crippen LogP contribution in [-0.4, -0.2) is 36.1 Å². The molecule has 0 radical (unpaired) electrons. The summed E-state index contributed by atoms with van der Waals surface area (Å²) in [6, 6.07) is 0. The molecule has 0 unspecified atom stereocenters. The SMILES string of the molecule is Cc1[nH]c(-c2nnco2)c(C)c1C(=O)c1c(C)[nH]c(-c2nnco2)c1C. The molecule has 0 amide bonds. The zero-order valence-electron chi connectivity index (χ0n) is 14.7. The lowest BCUT2D eigenvalue weighted by Crippen LogP contribution is -2.06. The predicted molar refractivity (Wildman–Crippen MR) is 90.5 cm³/mol. The van der Waals surface area contributed by atoms with E-state index in [1.165, 1.54) is 12.8 Å². The van der Waals surface area contributed by atoms with Crippen molar-refractivity contribution >= 4 is 5.78 Å². The van der Waals surface area contributed by atoms with E-state index in [0.29, 0.717) is 34.3 Å². The molecule has 2 N–H and O–H groups in total. The Labute approximate surface area is 147 Å². The molecule has 0 saturated heterocycles. The summed E-state index contributed by atoms with van der Waals surface area (Å²) >= 11 is 0. The zero-order valence-corrected chi connectivity index (χ0v) is 14.7. The monoisotopic (exact) mass is 352 g/mol. The van der Waals surface area contributed by atoms with E-state index in [1.807, 2.05) is 27.7 Å². The minimum atomic E-state index is -0.0981. The van der Waals surface area contributed by atoms with Gasteiger partial charge in [0.05, 0.1) is 0 Å². The molecule has 0 atom stereocenters. The summed E-state index contributed by atoms with van der Waals surface area (Å²) in [7, 11) is 0. The molecule has 4 aromatic heterocycles. The van der Waals surface area contributed by atoms with Crippen molar-refractivity contribution < 1.29 is 13.6 Å². The van der Waals surface area contributed by atoms with Crippen LogP contribution < -0.4 is 0 Å². The molecule has 0 aromatic carbocycles. The van der Waals surface area contributed by atoms with Gasteiger partial charge in [-0.15, -0.1) is 20.4 Å². The second-order valence-corrected chi connectivity index (χ2v) is 6.07. The lowest BCUT2D eigenvalue weighted by atomic mass is 9.96. The minimum absolute atomic E-state index is 0.0981. The number of carbonyl (C=O) groups is 1. The Balaban J connectivity index is 1.83. The van der Waals surface area contributed by atoms with Gasteiger partial charge in [0.15, 0.2) is 5.78 Å². The van der Waals surface area contributed by atoms with Crippen LogP contribution in [0.3, 0.4) is 0 Å². The first-order valence-corrected chi connectivity index (χ1v) is 7.95. The van der Waals surface area contributed by atoms with Crippen molar-refractivity contribution in [2.75, 3.05) is 0 Å². The van der Waals surface area contributed by atoms with Gasteiger partial charge in [-0.25, -0.2) is 0 Å². The van der Waals surface area contributed by atoms with Crippen molar-refractivity contribution in [2.45, 2.75) is 27.7 Å². The van der Waals surface area contributed by atoms with Gasteiger partial charge in [0.2, 0.25) is 12.8 Å². The number of rotatable bonds is 4. The van der Waals surface area contributed by atoms with Crippen molar-refractivity contribution in [2.24, 2.45) is 0 Å². The number of aryl methyl sites for hydroxylation is 2. The van der Waals surface area contributed by atoms with Gasteiger partial charge in [-0.2, -0.15) is 0 Å². The largest absolute Gasteiger partial charge is 0.422 e. The van der Waals surface area contributed by atoms with Crippen molar-refractivity contribution in [1.82, 2.24) is 30.4 Å². The lowest BCUT2D eigenvalue weighted by molar-refractivity contribution is 0.103. The first kappa shape index (κ1) is 16.0. The van der Waals surface area contributed by atoms with Crippen molar-refractivity contribution in [3.63, 3.8) is 0 Å². The standard InChI is InChI=1S/C17H16N6O3/c1-7-11(9(3)20-13(7)16-22-18-5-25-16)15(24)12-8(2)14(21-10(12)4)17-23-19-6-26-17/h5-6,20-21H,1-4H3. The smallest absolute Gasteiger partial charge is 0.264 e.